The minimum absolute atomic E-state index is 0.161. The maximum absolute atomic E-state index is 11.2. The average Bonchev–Trinajstić information content (AvgIpc) is 2.76. The monoisotopic (exact) mass is 263 g/mol. The first kappa shape index (κ1) is 13.9. The van der Waals surface area contributed by atoms with E-state index < -0.39 is 0 Å². The van der Waals surface area contributed by atoms with E-state index in [2.05, 4.69) is 6.07 Å². The molecule has 0 heterocycles. The molecule has 0 aromatic heterocycles. The van der Waals surface area contributed by atoms with Gasteiger partial charge in [0.1, 0.15) is 5.75 Å². The third-order valence-electron chi connectivity index (χ3n) is 3.27. The zero-order valence-electron chi connectivity index (χ0n) is 11.4. The van der Waals surface area contributed by atoms with Crippen LogP contribution in [0.2, 0.25) is 0 Å². The van der Waals surface area contributed by atoms with Crippen molar-refractivity contribution in [2.75, 3.05) is 13.2 Å². The lowest BCUT2D eigenvalue weighted by atomic mass is 10.1. The van der Waals surface area contributed by atoms with E-state index in [0.717, 1.165) is 18.6 Å². The molecule has 1 unspecified atom stereocenters. The van der Waals surface area contributed by atoms with E-state index in [0.29, 0.717) is 26.1 Å². The van der Waals surface area contributed by atoms with Gasteiger partial charge in [0.05, 0.1) is 13.2 Å². The molecular weight excluding hydrogens is 242 g/mol. The van der Waals surface area contributed by atoms with Crippen molar-refractivity contribution in [2.45, 2.75) is 38.6 Å². The Morgan fingerprint density at radius 2 is 2.26 bits per heavy atom. The lowest BCUT2D eigenvalue weighted by Gasteiger charge is -2.10. The van der Waals surface area contributed by atoms with E-state index in [-0.39, 0.29) is 12.0 Å². The zero-order chi connectivity index (χ0) is 13.7. The second-order valence-corrected chi connectivity index (χ2v) is 4.82. The first-order chi connectivity index (χ1) is 9.20. The summed E-state index contributed by atoms with van der Waals surface area (Å²) in [5, 5.41) is 0. The number of hydrogen-bond donors (Lipinski definition) is 1. The van der Waals surface area contributed by atoms with Gasteiger partial charge in [0.2, 0.25) is 0 Å². The van der Waals surface area contributed by atoms with Crippen LogP contribution < -0.4 is 10.5 Å². The highest BCUT2D eigenvalue weighted by Gasteiger charge is 2.21. The van der Waals surface area contributed by atoms with Gasteiger partial charge in [0, 0.05) is 12.5 Å². The molecule has 2 rings (SSSR count). The number of hydrogen-bond acceptors (Lipinski definition) is 4. The van der Waals surface area contributed by atoms with Crippen molar-refractivity contribution < 1.29 is 14.3 Å². The molecule has 1 aromatic rings. The number of nitrogens with two attached hydrogens (primary N) is 1. The van der Waals surface area contributed by atoms with Crippen LogP contribution in [-0.4, -0.2) is 25.2 Å². The summed E-state index contributed by atoms with van der Waals surface area (Å²) in [6.45, 7) is 2.78. The van der Waals surface area contributed by atoms with Crippen LogP contribution in [0.1, 0.15) is 30.9 Å². The number of rotatable bonds is 6. The molecular formula is C15H21NO3. The maximum atomic E-state index is 11.2. The van der Waals surface area contributed by atoms with Gasteiger partial charge in [-0.3, -0.25) is 4.79 Å². The average molecular weight is 263 g/mol. The molecule has 0 spiro atoms. The summed E-state index contributed by atoms with van der Waals surface area (Å²) in [5.74, 6) is 0.751. The van der Waals surface area contributed by atoms with Crippen LogP contribution in [-0.2, 0) is 22.4 Å². The van der Waals surface area contributed by atoms with Gasteiger partial charge in [0.15, 0.2) is 0 Å². The summed E-state index contributed by atoms with van der Waals surface area (Å²) in [6, 6.07) is 6.28. The van der Waals surface area contributed by atoms with Gasteiger partial charge in [-0.15, -0.1) is 0 Å². The molecule has 0 fully saturated rings. The van der Waals surface area contributed by atoms with E-state index in [1.54, 1.807) is 0 Å². The van der Waals surface area contributed by atoms with Gasteiger partial charge >= 0.3 is 5.97 Å². The lowest BCUT2D eigenvalue weighted by molar-refractivity contribution is -0.143. The molecule has 0 bridgehead atoms. The predicted octanol–water partition coefficient (Wildman–Crippen LogP) is 1.83. The summed E-state index contributed by atoms with van der Waals surface area (Å²) in [5.41, 5.74) is 8.48. The van der Waals surface area contributed by atoms with Gasteiger partial charge in [-0.1, -0.05) is 12.1 Å². The Kier molecular flexibility index (Phi) is 4.80. The molecule has 0 radical (unpaired) electrons. The second-order valence-electron chi connectivity index (χ2n) is 4.82. The predicted molar refractivity (Wildman–Crippen MR) is 73.2 cm³/mol. The number of benzene rings is 1. The quantitative estimate of drug-likeness (QED) is 0.628. The molecule has 2 N–H and O–H groups in total. The molecule has 1 aliphatic rings. The van der Waals surface area contributed by atoms with Gasteiger partial charge < -0.3 is 15.2 Å². The van der Waals surface area contributed by atoms with Gasteiger partial charge in [-0.2, -0.15) is 0 Å². The van der Waals surface area contributed by atoms with Crippen molar-refractivity contribution in [3.63, 3.8) is 0 Å². The molecule has 0 amide bonds. The summed E-state index contributed by atoms with van der Waals surface area (Å²) >= 11 is 0. The van der Waals surface area contributed by atoms with E-state index in [9.17, 15) is 4.79 Å². The molecule has 4 nitrogen and oxygen atoms in total. The standard InChI is InChI=1S/C15H21NO3/c1-2-18-15(17)7-4-8-19-14-6-3-5-11-9-12(16)10-13(11)14/h3,5-6,12H,2,4,7-10,16H2,1H3. The van der Waals surface area contributed by atoms with Crippen molar-refractivity contribution in [2.24, 2.45) is 5.73 Å². The minimum atomic E-state index is -0.161. The molecule has 0 aliphatic heterocycles. The van der Waals surface area contributed by atoms with E-state index >= 15 is 0 Å². The highest BCUT2D eigenvalue weighted by molar-refractivity contribution is 5.69. The van der Waals surface area contributed by atoms with Crippen LogP contribution in [0.15, 0.2) is 18.2 Å². The topological polar surface area (TPSA) is 61.5 Å². The smallest absolute Gasteiger partial charge is 0.305 e. The first-order valence-corrected chi connectivity index (χ1v) is 6.85. The largest absolute Gasteiger partial charge is 0.493 e. The van der Waals surface area contributed by atoms with Gasteiger partial charge in [0.25, 0.3) is 0 Å². The Balaban J connectivity index is 1.81. The van der Waals surface area contributed by atoms with E-state index in [1.807, 2.05) is 19.1 Å². The van der Waals surface area contributed by atoms with Crippen molar-refractivity contribution >= 4 is 5.97 Å². The fourth-order valence-corrected chi connectivity index (χ4v) is 2.42. The SMILES string of the molecule is CCOC(=O)CCCOc1cccc2c1CC(N)C2. The Morgan fingerprint density at radius 1 is 1.42 bits per heavy atom. The van der Waals surface area contributed by atoms with E-state index in [1.165, 1.54) is 11.1 Å². The molecule has 1 atom stereocenters. The molecule has 104 valence electrons. The maximum Gasteiger partial charge on any atom is 0.305 e. The highest BCUT2D eigenvalue weighted by atomic mass is 16.5. The van der Waals surface area contributed by atoms with Crippen molar-refractivity contribution in [1.82, 2.24) is 0 Å². The molecule has 4 heteroatoms. The molecule has 0 saturated carbocycles. The molecule has 1 aliphatic carbocycles. The van der Waals surface area contributed by atoms with Crippen LogP contribution in [0.3, 0.4) is 0 Å². The Bertz CT molecular complexity index is 445. The van der Waals surface area contributed by atoms with Crippen LogP contribution in [0, 0.1) is 0 Å². The fraction of sp³-hybridized carbons (Fsp3) is 0.533. The van der Waals surface area contributed by atoms with Crippen molar-refractivity contribution in [1.29, 1.82) is 0 Å². The molecule has 1 aromatic carbocycles. The first-order valence-electron chi connectivity index (χ1n) is 6.85. The summed E-state index contributed by atoms with van der Waals surface area (Å²) in [4.78, 5) is 11.2. The van der Waals surface area contributed by atoms with Crippen LogP contribution >= 0.6 is 0 Å². The fourth-order valence-electron chi connectivity index (χ4n) is 2.42. The van der Waals surface area contributed by atoms with Crippen LogP contribution in [0.4, 0.5) is 0 Å². The van der Waals surface area contributed by atoms with Gasteiger partial charge in [-0.05, 0) is 43.4 Å². The van der Waals surface area contributed by atoms with Crippen LogP contribution in [0.25, 0.3) is 0 Å². The molecule has 0 saturated heterocycles. The number of carbonyl (C=O) groups is 1. The third kappa shape index (κ3) is 3.70. The van der Waals surface area contributed by atoms with Crippen LogP contribution in [0.5, 0.6) is 5.75 Å². The van der Waals surface area contributed by atoms with Crippen molar-refractivity contribution in [3.05, 3.63) is 29.3 Å². The summed E-state index contributed by atoms with van der Waals surface area (Å²) in [7, 11) is 0. The summed E-state index contributed by atoms with van der Waals surface area (Å²) in [6.07, 6.45) is 2.88. The number of carbonyl (C=O) groups excluding carboxylic acids is 1. The highest BCUT2D eigenvalue weighted by Crippen LogP contribution is 2.30. The third-order valence-corrected chi connectivity index (χ3v) is 3.27. The minimum Gasteiger partial charge on any atom is -0.493 e. The summed E-state index contributed by atoms with van der Waals surface area (Å²) < 4.78 is 10.6. The zero-order valence-corrected chi connectivity index (χ0v) is 11.4. The molecule has 19 heavy (non-hydrogen) atoms. The number of ether oxygens (including phenoxy) is 2. The normalized spacial score (nSPS) is 17.1. The lowest BCUT2D eigenvalue weighted by Crippen LogP contribution is -2.19. The number of fused-ring (bicyclic) bond motifs is 1. The van der Waals surface area contributed by atoms with Gasteiger partial charge in [-0.25, -0.2) is 0 Å². The Morgan fingerprint density at radius 3 is 3.05 bits per heavy atom. The second kappa shape index (κ2) is 6.57. The van der Waals surface area contributed by atoms with E-state index in [4.69, 9.17) is 15.2 Å². The van der Waals surface area contributed by atoms with Crippen molar-refractivity contribution in [3.8, 4) is 5.75 Å². The Labute approximate surface area is 113 Å². The Hall–Kier alpha value is -1.55. The number of esters is 1.